The molecule has 0 aliphatic heterocycles. The van der Waals surface area contributed by atoms with Gasteiger partial charge in [0.1, 0.15) is 0 Å². The predicted octanol–water partition coefficient (Wildman–Crippen LogP) is 5.54. The molecule has 0 aromatic heterocycles. The number of nitrogens with one attached hydrogen (secondary N) is 1. The molecule has 0 saturated carbocycles. The van der Waals surface area contributed by atoms with Crippen molar-refractivity contribution in [3.63, 3.8) is 0 Å². The van der Waals surface area contributed by atoms with Crippen molar-refractivity contribution < 1.29 is 0 Å². The smallest absolute Gasteiger partial charge is 0.0487 e. The van der Waals surface area contributed by atoms with Gasteiger partial charge in [0.25, 0.3) is 0 Å². The predicted molar refractivity (Wildman–Crippen MR) is 87.0 cm³/mol. The molecule has 0 radical (unpaired) electrons. The highest BCUT2D eigenvalue weighted by molar-refractivity contribution is 9.10. The summed E-state index contributed by atoms with van der Waals surface area (Å²) in [5.41, 5.74) is 2.47. The summed E-state index contributed by atoms with van der Waals surface area (Å²) in [6.45, 7) is 2.20. The van der Waals surface area contributed by atoms with E-state index in [0.717, 1.165) is 28.0 Å². The van der Waals surface area contributed by atoms with Crippen molar-refractivity contribution in [2.75, 3.05) is 5.32 Å². The van der Waals surface area contributed by atoms with Gasteiger partial charge in [0.05, 0.1) is 0 Å². The largest absolute Gasteiger partial charge is 0.382 e. The lowest BCUT2D eigenvalue weighted by Gasteiger charge is -2.16. The number of halogens is 2. The summed E-state index contributed by atoms with van der Waals surface area (Å²) in [6.07, 6.45) is 2.18. The van der Waals surface area contributed by atoms with Gasteiger partial charge >= 0.3 is 0 Å². The van der Waals surface area contributed by atoms with Crippen LogP contribution < -0.4 is 5.32 Å². The van der Waals surface area contributed by atoms with Gasteiger partial charge in [0, 0.05) is 21.2 Å². The minimum Gasteiger partial charge on any atom is -0.382 e. The van der Waals surface area contributed by atoms with Crippen LogP contribution in [-0.4, -0.2) is 6.04 Å². The molecular weight excluding hydrogens is 322 g/mol. The first-order valence-corrected chi connectivity index (χ1v) is 7.58. The third kappa shape index (κ3) is 4.55. The van der Waals surface area contributed by atoms with E-state index in [1.807, 2.05) is 18.2 Å². The third-order valence-electron chi connectivity index (χ3n) is 3.04. The van der Waals surface area contributed by atoms with Gasteiger partial charge in [-0.1, -0.05) is 41.9 Å². The zero-order valence-corrected chi connectivity index (χ0v) is 13.2. The third-order valence-corrected chi connectivity index (χ3v) is 3.93. The maximum Gasteiger partial charge on any atom is 0.0487 e. The van der Waals surface area contributed by atoms with E-state index >= 15 is 0 Å². The summed E-state index contributed by atoms with van der Waals surface area (Å²) in [5, 5.41) is 4.25. The first-order chi connectivity index (χ1) is 9.15. The van der Waals surface area contributed by atoms with E-state index in [4.69, 9.17) is 11.6 Å². The highest BCUT2D eigenvalue weighted by Crippen LogP contribution is 2.26. The monoisotopic (exact) mass is 337 g/mol. The summed E-state index contributed by atoms with van der Waals surface area (Å²) in [5.74, 6) is 0. The zero-order chi connectivity index (χ0) is 13.7. The Morgan fingerprint density at radius 3 is 2.58 bits per heavy atom. The Morgan fingerprint density at radius 2 is 1.89 bits per heavy atom. The van der Waals surface area contributed by atoms with Crippen LogP contribution >= 0.6 is 27.5 Å². The van der Waals surface area contributed by atoms with Gasteiger partial charge in [0.2, 0.25) is 0 Å². The van der Waals surface area contributed by atoms with Crippen molar-refractivity contribution in [1.29, 1.82) is 0 Å². The molecule has 1 N–H and O–H groups in total. The first kappa shape index (κ1) is 14.4. The molecule has 0 amide bonds. The number of aryl methyl sites for hydroxylation is 1. The van der Waals surface area contributed by atoms with Crippen molar-refractivity contribution in [2.45, 2.75) is 25.8 Å². The Hall–Kier alpha value is -0.990. The Balaban J connectivity index is 1.89. The Kier molecular flexibility index (Phi) is 5.29. The van der Waals surface area contributed by atoms with Crippen molar-refractivity contribution in [3.05, 3.63) is 63.6 Å². The molecule has 2 aromatic carbocycles. The molecule has 1 nitrogen and oxygen atoms in total. The maximum atomic E-state index is 5.94. The van der Waals surface area contributed by atoms with Gasteiger partial charge in [-0.25, -0.2) is 0 Å². The van der Waals surface area contributed by atoms with Gasteiger partial charge in [-0.05, 0) is 59.5 Å². The minimum atomic E-state index is 0.415. The normalized spacial score (nSPS) is 12.2. The Morgan fingerprint density at radius 1 is 1.16 bits per heavy atom. The molecule has 19 heavy (non-hydrogen) atoms. The van der Waals surface area contributed by atoms with E-state index in [9.17, 15) is 0 Å². The van der Waals surface area contributed by atoms with Crippen LogP contribution in [0.2, 0.25) is 5.02 Å². The number of hydrogen-bond donors (Lipinski definition) is 1. The van der Waals surface area contributed by atoms with Gasteiger partial charge in [-0.2, -0.15) is 0 Å². The van der Waals surface area contributed by atoms with Gasteiger partial charge < -0.3 is 5.32 Å². The Labute approximate surface area is 128 Å². The fourth-order valence-corrected chi connectivity index (χ4v) is 2.77. The molecular formula is C16H17BrClN. The lowest BCUT2D eigenvalue weighted by atomic mass is 10.1. The van der Waals surface area contributed by atoms with Crippen LogP contribution in [0.4, 0.5) is 5.69 Å². The molecule has 1 atom stereocenters. The molecule has 0 heterocycles. The highest BCUT2D eigenvalue weighted by Gasteiger charge is 2.06. The molecule has 0 bridgehead atoms. The van der Waals surface area contributed by atoms with Crippen LogP contribution in [-0.2, 0) is 6.42 Å². The minimum absolute atomic E-state index is 0.415. The second kappa shape index (κ2) is 6.97. The summed E-state index contributed by atoms with van der Waals surface area (Å²) < 4.78 is 1.01. The zero-order valence-electron chi connectivity index (χ0n) is 10.9. The highest BCUT2D eigenvalue weighted by atomic mass is 79.9. The molecule has 2 aromatic rings. The SMILES string of the molecule is CC(CCc1ccccc1)Nc1ccc(Cl)cc1Br. The standard InChI is InChI=1S/C16H17BrClN/c1-12(7-8-13-5-3-2-4-6-13)19-16-10-9-14(18)11-15(16)17/h2-6,9-12,19H,7-8H2,1H3. The summed E-state index contributed by atoms with van der Waals surface area (Å²) in [7, 11) is 0. The average Bonchev–Trinajstić information content (AvgIpc) is 2.41. The topological polar surface area (TPSA) is 12.0 Å². The molecule has 2 rings (SSSR count). The van der Waals surface area contributed by atoms with Crippen molar-refractivity contribution in [1.82, 2.24) is 0 Å². The van der Waals surface area contributed by atoms with E-state index in [1.54, 1.807) is 0 Å². The number of rotatable bonds is 5. The lowest BCUT2D eigenvalue weighted by molar-refractivity contribution is 0.706. The summed E-state index contributed by atoms with van der Waals surface area (Å²) >= 11 is 9.46. The second-order valence-corrected chi connectivity index (χ2v) is 5.98. The number of benzene rings is 2. The van der Waals surface area contributed by atoms with Crippen molar-refractivity contribution >= 4 is 33.2 Å². The average molecular weight is 339 g/mol. The first-order valence-electron chi connectivity index (χ1n) is 6.40. The van der Waals surface area contributed by atoms with Crippen LogP contribution in [0.15, 0.2) is 53.0 Å². The summed E-state index contributed by atoms with van der Waals surface area (Å²) in [6, 6.07) is 16.8. The van der Waals surface area contributed by atoms with Crippen LogP contribution in [0, 0.1) is 0 Å². The fourth-order valence-electron chi connectivity index (χ4n) is 1.97. The quantitative estimate of drug-likeness (QED) is 0.755. The van der Waals surface area contributed by atoms with Crippen molar-refractivity contribution in [3.8, 4) is 0 Å². The van der Waals surface area contributed by atoms with Crippen LogP contribution in [0.3, 0.4) is 0 Å². The van der Waals surface area contributed by atoms with Crippen LogP contribution in [0.25, 0.3) is 0 Å². The molecule has 0 aliphatic carbocycles. The number of hydrogen-bond acceptors (Lipinski definition) is 1. The molecule has 0 saturated heterocycles. The van der Waals surface area contributed by atoms with Crippen molar-refractivity contribution in [2.24, 2.45) is 0 Å². The van der Waals surface area contributed by atoms with E-state index < -0.39 is 0 Å². The summed E-state index contributed by atoms with van der Waals surface area (Å²) in [4.78, 5) is 0. The van der Waals surface area contributed by atoms with Gasteiger partial charge in [0.15, 0.2) is 0 Å². The van der Waals surface area contributed by atoms with Crippen LogP contribution in [0.1, 0.15) is 18.9 Å². The molecule has 3 heteroatoms. The number of anilines is 1. The van der Waals surface area contributed by atoms with Gasteiger partial charge in [-0.3, -0.25) is 0 Å². The molecule has 0 spiro atoms. The molecule has 0 aliphatic rings. The van der Waals surface area contributed by atoms with E-state index in [-0.39, 0.29) is 0 Å². The fraction of sp³-hybridized carbons (Fsp3) is 0.250. The van der Waals surface area contributed by atoms with E-state index in [1.165, 1.54) is 5.56 Å². The Bertz CT molecular complexity index is 528. The second-order valence-electron chi connectivity index (χ2n) is 4.69. The van der Waals surface area contributed by atoms with E-state index in [2.05, 4.69) is 58.5 Å². The molecule has 1 unspecified atom stereocenters. The lowest BCUT2D eigenvalue weighted by Crippen LogP contribution is -2.16. The molecule has 0 fully saturated rings. The maximum absolute atomic E-state index is 5.94. The molecule has 100 valence electrons. The van der Waals surface area contributed by atoms with E-state index in [0.29, 0.717) is 6.04 Å². The van der Waals surface area contributed by atoms with Crippen LogP contribution in [0.5, 0.6) is 0 Å². The van der Waals surface area contributed by atoms with Gasteiger partial charge in [-0.15, -0.1) is 0 Å².